The van der Waals surface area contributed by atoms with Crippen LogP contribution in [0.3, 0.4) is 0 Å². The molecule has 15 heavy (non-hydrogen) atoms. The van der Waals surface area contributed by atoms with E-state index in [1.54, 1.807) is 0 Å². The molecular formula is C8H12N4O2S. The van der Waals surface area contributed by atoms with E-state index >= 15 is 0 Å². The molecule has 82 valence electrons. The van der Waals surface area contributed by atoms with Crippen molar-refractivity contribution in [3.8, 4) is 0 Å². The summed E-state index contributed by atoms with van der Waals surface area (Å²) in [5, 5.41) is 10.8. The van der Waals surface area contributed by atoms with Gasteiger partial charge in [0, 0.05) is 6.61 Å². The van der Waals surface area contributed by atoms with Gasteiger partial charge in [0.25, 0.3) is 0 Å². The molecule has 0 radical (unpaired) electrons. The number of hydrogen-bond acceptors (Lipinski definition) is 6. The molecule has 0 spiro atoms. The summed E-state index contributed by atoms with van der Waals surface area (Å²) in [7, 11) is 0. The lowest BCUT2D eigenvalue weighted by Crippen LogP contribution is -2.30. The Hall–Kier alpha value is -1.21. The van der Waals surface area contributed by atoms with Crippen LogP contribution in [0, 0.1) is 5.92 Å². The fourth-order valence-electron chi connectivity index (χ4n) is 1.44. The highest BCUT2D eigenvalue weighted by Crippen LogP contribution is 2.19. The van der Waals surface area contributed by atoms with Crippen LogP contribution in [-0.2, 0) is 9.53 Å². The number of nitrogens with one attached hydrogen (secondary N) is 1. The van der Waals surface area contributed by atoms with E-state index in [1.807, 2.05) is 0 Å². The molecule has 2 rings (SSSR count). The third kappa shape index (κ3) is 2.63. The molecule has 1 aliphatic heterocycles. The van der Waals surface area contributed by atoms with Crippen LogP contribution in [0.15, 0.2) is 0 Å². The highest BCUT2D eigenvalue weighted by Gasteiger charge is 2.22. The predicted octanol–water partition coefficient (Wildman–Crippen LogP) is 0.485. The van der Waals surface area contributed by atoms with Crippen LogP contribution in [0.2, 0.25) is 0 Å². The molecular weight excluding hydrogens is 216 g/mol. The van der Waals surface area contributed by atoms with Gasteiger partial charge in [0.2, 0.25) is 16.2 Å². The van der Waals surface area contributed by atoms with E-state index in [0.717, 1.165) is 30.8 Å². The van der Waals surface area contributed by atoms with E-state index in [9.17, 15) is 4.79 Å². The van der Waals surface area contributed by atoms with Gasteiger partial charge < -0.3 is 15.8 Å². The number of aromatic nitrogens is 2. The maximum Gasteiger partial charge on any atom is 0.231 e. The molecule has 1 saturated heterocycles. The van der Waals surface area contributed by atoms with E-state index in [0.29, 0.717) is 16.9 Å². The lowest BCUT2D eigenvalue weighted by atomic mass is 10.0. The van der Waals surface area contributed by atoms with Crippen LogP contribution >= 0.6 is 11.3 Å². The zero-order valence-corrected chi connectivity index (χ0v) is 8.92. The largest absolute Gasteiger partial charge is 0.381 e. The number of anilines is 2. The Morgan fingerprint density at radius 1 is 1.60 bits per heavy atom. The number of nitrogens with zero attached hydrogens (tertiary/aromatic N) is 2. The number of nitrogen functional groups attached to an aromatic ring is 1. The van der Waals surface area contributed by atoms with Crippen LogP contribution in [0.1, 0.15) is 12.8 Å². The van der Waals surface area contributed by atoms with Gasteiger partial charge in [0.1, 0.15) is 0 Å². The molecule has 2 heterocycles. The number of ether oxygens (including phenoxy) is 1. The first-order valence-corrected chi connectivity index (χ1v) is 5.55. The van der Waals surface area contributed by atoms with Crippen LogP contribution in [0.25, 0.3) is 0 Å². The van der Waals surface area contributed by atoms with Crippen molar-refractivity contribution in [2.45, 2.75) is 12.8 Å². The van der Waals surface area contributed by atoms with Crippen molar-refractivity contribution in [2.24, 2.45) is 5.92 Å². The predicted molar refractivity (Wildman–Crippen MR) is 56.5 cm³/mol. The minimum atomic E-state index is -0.0797. The summed E-state index contributed by atoms with van der Waals surface area (Å²) in [6.07, 6.45) is 1.79. The Morgan fingerprint density at radius 2 is 2.47 bits per heavy atom. The topological polar surface area (TPSA) is 90.1 Å². The van der Waals surface area contributed by atoms with Gasteiger partial charge in [-0.25, -0.2) is 0 Å². The van der Waals surface area contributed by atoms with Crippen molar-refractivity contribution in [2.75, 3.05) is 24.3 Å². The third-order valence-corrected chi connectivity index (χ3v) is 2.87. The second kappa shape index (κ2) is 4.54. The fourth-order valence-corrected chi connectivity index (χ4v) is 1.95. The highest BCUT2D eigenvalue weighted by molar-refractivity contribution is 7.18. The van der Waals surface area contributed by atoms with Crippen LogP contribution in [-0.4, -0.2) is 29.3 Å². The number of rotatable bonds is 2. The molecule has 1 unspecified atom stereocenters. The van der Waals surface area contributed by atoms with Gasteiger partial charge in [0.15, 0.2) is 0 Å². The maximum absolute atomic E-state index is 11.7. The second-order valence-electron chi connectivity index (χ2n) is 3.35. The van der Waals surface area contributed by atoms with Gasteiger partial charge in [-0.05, 0) is 12.8 Å². The maximum atomic E-state index is 11.7. The fraction of sp³-hybridized carbons (Fsp3) is 0.625. The Labute approximate surface area is 90.8 Å². The van der Waals surface area contributed by atoms with Gasteiger partial charge in [-0.3, -0.25) is 4.79 Å². The summed E-state index contributed by atoms with van der Waals surface area (Å²) in [5.74, 6) is -0.144. The quantitative estimate of drug-likeness (QED) is 0.768. The number of hydrogen-bond donors (Lipinski definition) is 2. The molecule has 0 bridgehead atoms. The first-order valence-electron chi connectivity index (χ1n) is 4.73. The summed E-state index contributed by atoms with van der Waals surface area (Å²) in [6.45, 7) is 1.23. The average molecular weight is 228 g/mol. The number of carbonyl (C=O) groups is 1. The third-order valence-electron chi connectivity index (χ3n) is 2.20. The highest BCUT2D eigenvalue weighted by atomic mass is 32.1. The zero-order valence-electron chi connectivity index (χ0n) is 8.10. The Morgan fingerprint density at radius 3 is 3.07 bits per heavy atom. The molecule has 1 fully saturated rings. The smallest absolute Gasteiger partial charge is 0.231 e. The van der Waals surface area contributed by atoms with E-state index < -0.39 is 0 Å². The lowest BCUT2D eigenvalue weighted by Gasteiger charge is -2.20. The van der Waals surface area contributed by atoms with Crippen LogP contribution in [0.4, 0.5) is 10.3 Å². The van der Waals surface area contributed by atoms with Gasteiger partial charge in [0.05, 0.1) is 12.5 Å². The molecule has 1 amide bonds. The lowest BCUT2D eigenvalue weighted by molar-refractivity contribution is -0.123. The summed E-state index contributed by atoms with van der Waals surface area (Å²) >= 11 is 1.16. The van der Waals surface area contributed by atoms with E-state index in [4.69, 9.17) is 10.5 Å². The van der Waals surface area contributed by atoms with Crippen molar-refractivity contribution in [1.82, 2.24) is 10.2 Å². The van der Waals surface area contributed by atoms with Gasteiger partial charge >= 0.3 is 0 Å². The molecule has 0 aromatic carbocycles. The second-order valence-corrected chi connectivity index (χ2v) is 4.36. The van der Waals surface area contributed by atoms with Crippen molar-refractivity contribution < 1.29 is 9.53 Å². The first kappa shape index (κ1) is 10.3. The van der Waals surface area contributed by atoms with E-state index in [-0.39, 0.29) is 11.8 Å². The Kier molecular flexibility index (Phi) is 3.12. The SMILES string of the molecule is Nc1nnc(NC(=O)C2CCCOC2)s1. The average Bonchev–Trinajstić information content (AvgIpc) is 2.65. The molecule has 1 aliphatic rings. The monoisotopic (exact) mass is 228 g/mol. The minimum Gasteiger partial charge on any atom is -0.381 e. The number of amides is 1. The van der Waals surface area contributed by atoms with Crippen molar-refractivity contribution in [3.05, 3.63) is 0 Å². The van der Waals surface area contributed by atoms with Gasteiger partial charge in [-0.2, -0.15) is 0 Å². The van der Waals surface area contributed by atoms with Crippen molar-refractivity contribution >= 4 is 27.5 Å². The molecule has 1 aromatic rings. The molecule has 7 heteroatoms. The summed E-state index contributed by atoms with van der Waals surface area (Å²) in [5.41, 5.74) is 5.40. The molecule has 1 atom stereocenters. The number of carbonyl (C=O) groups excluding carboxylic acids is 1. The Balaban J connectivity index is 1.91. The summed E-state index contributed by atoms with van der Waals surface area (Å²) in [6, 6.07) is 0. The summed E-state index contributed by atoms with van der Waals surface area (Å²) < 4.78 is 5.23. The standard InChI is InChI=1S/C8H12N4O2S/c9-7-11-12-8(15-7)10-6(13)5-2-1-3-14-4-5/h5H,1-4H2,(H2,9,11)(H,10,12,13). The molecule has 0 aliphatic carbocycles. The molecule has 6 nitrogen and oxygen atoms in total. The summed E-state index contributed by atoms with van der Waals surface area (Å²) in [4.78, 5) is 11.7. The number of nitrogens with two attached hydrogens (primary N) is 1. The molecule has 0 saturated carbocycles. The van der Waals surface area contributed by atoms with Crippen LogP contribution in [0.5, 0.6) is 0 Å². The van der Waals surface area contributed by atoms with E-state index in [1.165, 1.54) is 0 Å². The molecule has 3 N–H and O–H groups in total. The van der Waals surface area contributed by atoms with Crippen molar-refractivity contribution in [3.63, 3.8) is 0 Å². The Bertz CT molecular complexity index is 348. The van der Waals surface area contributed by atoms with Gasteiger partial charge in [-0.1, -0.05) is 11.3 Å². The van der Waals surface area contributed by atoms with E-state index in [2.05, 4.69) is 15.5 Å². The molecule has 1 aromatic heterocycles. The zero-order chi connectivity index (χ0) is 10.7. The normalized spacial score (nSPS) is 21.2. The minimum absolute atomic E-state index is 0.0640. The van der Waals surface area contributed by atoms with Crippen molar-refractivity contribution in [1.29, 1.82) is 0 Å². The first-order chi connectivity index (χ1) is 7.25. The van der Waals surface area contributed by atoms with Crippen LogP contribution < -0.4 is 11.1 Å². The van der Waals surface area contributed by atoms with Gasteiger partial charge in [-0.15, -0.1) is 10.2 Å².